The van der Waals surface area contributed by atoms with E-state index in [0.29, 0.717) is 31.3 Å². The molecule has 0 saturated carbocycles. The molecule has 0 spiro atoms. The van der Waals surface area contributed by atoms with Gasteiger partial charge < -0.3 is 10.0 Å². The average Bonchev–Trinajstić information content (AvgIpc) is 2.51. The van der Waals surface area contributed by atoms with E-state index in [1.807, 2.05) is 0 Å². The van der Waals surface area contributed by atoms with Crippen molar-refractivity contribution in [1.29, 1.82) is 0 Å². The van der Waals surface area contributed by atoms with Crippen LogP contribution in [0.2, 0.25) is 5.02 Å². The molecule has 0 radical (unpaired) electrons. The number of hydrogen-bond acceptors (Lipinski definition) is 4. The lowest BCUT2D eigenvalue weighted by Gasteiger charge is -2.32. The lowest BCUT2D eigenvalue weighted by molar-refractivity contribution is 0.154. The van der Waals surface area contributed by atoms with Crippen LogP contribution < -0.4 is 10.5 Å². The summed E-state index contributed by atoms with van der Waals surface area (Å²) in [6.07, 6.45) is 2.33. The minimum Gasteiger partial charge on any atom is -0.391 e. The lowest BCUT2D eigenvalue weighted by atomic mass is 10.1. The summed E-state index contributed by atoms with van der Waals surface area (Å²) in [5.74, 6) is -1.65. The maximum absolute atomic E-state index is 13.8. The quantitative estimate of drug-likeness (QED) is 0.909. The van der Waals surface area contributed by atoms with Gasteiger partial charge in [0.1, 0.15) is 16.5 Å². The minimum absolute atomic E-state index is 0.113. The zero-order chi connectivity index (χ0) is 16.6. The Bertz CT molecular complexity index is 797. The number of β-amino-alcohol motifs (C(OH)–C–C–N with tert-alkyl or cyclic N) is 1. The summed E-state index contributed by atoms with van der Waals surface area (Å²) in [7, 11) is 0. The molecule has 1 aliphatic rings. The molecule has 2 heterocycles. The highest BCUT2D eigenvalue weighted by molar-refractivity contribution is 6.33. The number of benzene rings is 1. The van der Waals surface area contributed by atoms with Gasteiger partial charge in [-0.3, -0.25) is 4.79 Å². The summed E-state index contributed by atoms with van der Waals surface area (Å²) in [6.45, 7) is 1.00. The fraction of sp³-hybridized carbons (Fsp3) is 0.333. The fourth-order valence-corrected chi connectivity index (χ4v) is 2.89. The zero-order valence-electron chi connectivity index (χ0n) is 12.0. The molecule has 1 atom stereocenters. The van der Waals surface area contributed by atoms with Crippen LogP contribution in [0.3, 0.4) is 0 Å². The molecule has 8 heteroatoms. The highest BCUT2D eigenvalue weighted by Gasteiger charge is 2.22. The Balaban J connectivity index is 2.02. The van der Waals surface area contributed by atoms with Crippen LogP contribution in [0.5, 0.6) is 0 Å². The van der Waals surface area contributed by atoms with E-state index < -0.39 is 23.3 Å². The summed E-state index contributed by atoms with van der Waals surface area (Å²) in [5, 5.41) is 13.5. The van der Waals surface area contributed by atoms with E-state index in [9.17, 15) is 18.7 Å². The monoisotopic (exact) mass is 341 g/mol. The predicted molar refractivity (Wildman–Crippen MR) is 82.2 cm³/mol. The molecule has 1 saturated heterocycles. The number of anilines is 1. The van der Waals surface area contributed by atoms with Crippen molar-refractivity contribution in [3.05, 3.63) is 51.4 Å². The predicted octanol–water partition coefficient (Wildman–Crippen LogP) is 2.13. The molecule has 2 aromatic rings. The summed E-state index contributed by atoms with van der Waals surface area (Å²) in [5.41, 5.74) is -0.479. The van der Waals surface area contributed by atoms with Crippen LogP contribution in [0.15, 0.2) is 29.2 Å². The molecule has 0 aliphatic carbocycles. The van der Waals surface area contributed by atoms with Gasteiger partial charge in [-0.05, 0) is 25.0 Å². The first-order valence-electron chi connectivity index (χ1n) is 7.13. The molecule has 23 heavy (non-hydrogen) atoms. The summed E-state index contributed by atoms with van der Waals surface area (Å²) >= 11 is 6.12. The maximum atomic E-state index is 13.8. The second-order valence-electron chi connectivity index (χ2n) is 5.40. The van der Waals surface area contributed by atoms with Crippen LogP contribution in [-0.2, 0) is 0 Å². The molecule has 1 aromatic heterocycles. The van der Waals surface area contributed by atoms with Crippen molar-refractivity contribution in [1.82, 2.24) is 9.78 Å². The van der Waals surface area contributed by atoms with Crippen molar-refractivity contribution in [2.45, 2.75) is 18.9 Å². The second kappa shape index (κ2) is 6.25. The van der Waals surface area contributed by atoms with Gasteiger partial charge in [-0.15, -0.1) is 0 Å². The van der Waals surface area contributed by atoms with E-state index >= 15 is 0 Å². The van der Waals surface area contributed by atoms with E-state index in [2.05, 4.69) is 5.10 Å². The van der Waals surface area contributed by atoms with Gasteiger partial charge in [-0.2, -0.15) is 9.78 Å². The first-order valence-corrected chi connectivity index (χ1v) is 7.51. The van der Waals surface area contributed by atoms with Crippen LogP contribution in [0.25, 0.3) is 5.69 Å². The molecular formula is C15H14ClF2N3O2. The molecule has 0 amide bonds. The lowest BCUT2D eigenvalue weighted by Crippen LogP contribution is -2.39. The molecule has 3 rings (SSSR count). The Morgan fingerprint density at radius 2 is 2.09 bits per heavy atom. The third kappa shape index (κ3) is 3.07. The van der Waals surface area contributed by atoms with Gasteiger partial charge in [-0.1, -0.05) is 11.6 Å². The maximum Gasteiger partial charge on any atom is 0.292 e. The Morgan fingerprint density at radius 3 is 2.78 bits per heavy atom. The normalized spacial score (nSPS) is 18.3. The topological polar surface area (TPSA) is 58.4 Å². The van der Waals surface area contributed by atoms with Gasteiger partial charge in [0.05, 0.1) is 18.0 Å². The third-order valence-electron chi connectivity index (χ3n) is 3.78. The first kappa shape index (κ1) is 15.9. The summed E-state index contributed by atoms with van der Waals surface area (Å²) in [4.78, 5) is 14.1. The van der Waals surface area contributed by atoms with Gasteiger partial charge in [0.15, 0.2) is 5.82 Å². The summed E-state index contributed by atoms with van der Waals surface area (Å²) < 4.78 is 27.6. The Morgan fingerprint density at radius 1 is 1.30 bits per heavy atom. The molecule has 5 nitrogen and oxygen atoms in total. The van der Waals surface area contributed by atoms with E-state index in [1.54, 1.807) is 4.90 Å². The molecule has 1 aliphatic heterocycles. The van der Waals surface area contributed by atoms with Gasteiger partial charge in [-0.25, -0.2) is 8.78 Å². The van der Waals surface area contributed by atoms with Crippen LogP contribution in [0.4, 0.5) is 14.5 Å². The number of aliphatic hydroxyl groups is 1. The standard InChI is InChI=1S/C15H14ClF2N3O2/c16-14-13(20-5-1-2-10(22)8-20)7-19-21(15(14)23)12-4-3-9(17)6-11(12)18/h3-4,6-7,10,22H,1-2,5,8H2/t10-/m0/s1. The van der Waals surface area contributed by atoms with E-state index in [1.165, 1.54) is 6.20 Å². The molecule has 0 unspecified atom stereocenters. The Kier molecular flexibility index (Phi) is 4.32. The number of piperidine rings is 1. The van der Waals surface area contributed by atoms with Crippen LogP contribution in [0.1, 0.15) is 12.8 Å². The van der Waals surface area contributed by atoms with Gasteiger partial charge in [0.2, 0.25) is 0 Å². The zero-order valence-corrected chi connectivity index (χ0v) is 12.8. The molecule has 122 valence electrons. The highest BCUT2D eigenvalue weighted by atomic mass is 35.5. The summed E-state index contributed by atoms with van der Waals surface area (Å²) in [6, 6.07) is 2.83. The van der Waals surface area contributed by atoms with Crippen molar-refractivity contribution in [3.63, 3.8) is 0 Å². The Labute approximate surface area is 135 Å². The number of aliphatic hydroxyl groups excluding tert-OH is 1. The van der Waals surface area contributed by atoms with Crippen LogP contribution in [0, 0.1) is 11.6 Å². The number of rotatable bonds is 2. The first-order chi connectivity index (χ1) is 11.0. The van der Waals surface area contributed by atoms with Gasteiger partial charge >= 0.3 is 0 Å². The van der Waals surface area contributed by atoms with Crippen molar-refractivity contribution in [3.8, 4) is 5.69 Å². The molecule has 0 bridgehead atoms. The number of hydrogen-bond donors (Lipinski definition) is 1. The molecular weight excluding hydrogens is 328 g/mol. The number of nitrogens with zero attached hydrogens (tertiary/aromatic N) is 3. The van der Waals surface area contributed by atoms with Crippen LogP contribution in [-0.4, -0.2) is 34.1 Å². The second-order valence-corrected chi connectivity index (χ2v) is 5.78. The number of halogens is 3. The number of aromatic nitrogens is 2. The SMILES string of the molecule is O=c1c(Cl)c(N2CCC[C@H](O)C2)cnn1-c1ccc(F)cc1F. The highest BCUT2D eigenvalue weighted by Crippen LogP contribution is 2.25. The van der Waals surface area contributed by atoms with Gasteiger partial charge in [0, 0.05) is 19.2 Å². The smallest absolute Gasteiger partial charge is 0.292 e. The largest absolute Gasteiger partial charge is 0.391 e. The molecule has 1 N–H and O–H groups in total. The Hall–Kier alpha value is -1.99. The molecule has 1 fully saturated rings. The van der Waals surface area contributed by atoms with Gasteiger partial charge in [0.25, 0.3) is 5.56 Å². The van der Waals surface area contributed by atoms with Crippen molar-refractivity contribution >= 4 is 17.3 Å². The van der Waals surface area contributed by atoms with Crippen molar-refractivity contribution in [2.24, 2.45) is 0 Å². The fourth-order valence-electron chi connectivity index (χ4n) is 2.64. The average molecular weight is 342 g/mol. The third-order valence-corrected chi connectivity index (χ3v) is 4.13. The molecule has 1 aromatic carbocycles. The van der Waals surface area contributed by atoms with E-state index in [4.69, 9.17) is 11.6 Å². The van der Waals surface area contributed by atoms with E-state index in [0.717, 1.165) is 23.2 Å². The minimum atomic E-state index is -0.906. The van der Waals surface area contributed by atoms with Crippen LogP contribution >= 0.6 is 11.6 Å². The van der Waals surface area contributed by atoms with E-state index in [-0.39, 0.29) is 10.7 Å². The van der Waals surface area contributed by atoms with Crippen molar-refractivity contribution < 1.29 is 13.9 Å². The van der Waals surface area contributed by atoms with Crippen molar-refractivity contribution in [2.75, 3.05) is 18.0 Å².